The molecule has 5 heteroatoms. The third-order valence-electron chi connectivity index (χ3n) is 2.57. The highest BCUT2D eigenvalue weighted by molar-refractivity contribution is 7.78. The largest absolute Gasteiger partial charge is 0.289 e. The van der Waals surface area contributed by atoms with Crippen molar-refractivity contribution in [3.05, 3.63) is 46.7 Å². The van der Waals surface area contributed by atoms with Gasteiger partial charge in [0.05, 0.1) is 10.7 Å². The number of nitrogens with zero attached hydrogens (tertiary/aromatic N) is 2. The summed E-state index contributed by atoms with van der Waals surface area (Å²) in [6.07, 6.45) is 6.37. The van der Waals surface area contributed by atoms with Gasteiger partial charge < -0.3 is 0 Å². The Balaban J connectivity index is 2.38. The monoisotopic (exact) mass is 276 g/mol. The van der Waals surface area contributed by atoms with Gasteiger partial charge in [0.15, 0.2) is 11.6 Å². The van der Waals surface area contributed by atoms with E-state index in [1.165, 1.54) is 0 Å². The molecule has 0 N–H and O–H groups in total. The molecule has 90 valence electrons. The molecule has 0 unspecified atom stereocenters. The third-order valence-corrected chi connectivity index (χ3v) is 2.98. The molecule has 2 rings (SSSR count). The quantitative estimate of drug-likeness (QED) is 0.478. The maximum atomic E-state index is 12.3. The highest BCUT2D eigenvalue weighted by Gasteiger charge is 2.18. The molecule has 1 aliphatic carbocycles. The minimum absolute atomic E-state index is 0.0903. The fourth-order valence-corrected chi connectivity index (χ4v) is 1.92. The molecule has 1 aromatic rings. The highest BCUT2D eigenvalue weighted by Crippen LogP contribution is 2.26. The summed E-state index contributed by atoms with van der Waals surface area (Å²) in [5, 5.41) is 2.99. The first-order valence-corrected chi connectivity index (χ1v) is 6.14. The number of aliphatic imine (C=N–C) groups is 1. The van der Waals surface area contributed by atoms with Crippen LogP contribution in [0.15, 0.2) is 46.1 Å². The molecule has 0 saturated carbocycles. The zero-order valence-electron chi connectivity index (χ0n) is 9.39. The van der Waals surface area contributed by atoms with Gasteiger partial charge in [-0.1, -0.05) is 17.7 Å². The van der Waals surface area contributed by atoms with Crippen LogP contribution in [-0.4, -0.2) is 15.9 Å². The van der Waals surface area contributed by atoms with E-state index in [1.54, 1.807) is 30.5 Å². The number of hydrogen-bond acceptors (Lipinski definition) is 4. The van der Waals surface area contributed by atoms with Gasteiger partial charge in [-0.3, -0.25) is 4.79 Å². The topological polar surface area (TPSA) is 42.3 Å². The van der Waals surface area contributed by atoms with Crippen LogP contribution >= 0.6 is 23.8 Å². The number of isothiocyanates is 1. The summed E-state index contributed by atoms with van der Waals surface area (Å²) in [6, 6.07) is 3.38. The van der Waals surface area contributed by atoms with Crippen LogP contribution in [-0.2, 0) is 0 Å². The molecule has 1 heterocycles. The van der Waals surface area contributed by atoms with Crippen LogP contribution in [0.3, 0.4) is 0 Å². The number of carbonyl (C=O) groups excluding carboxylic acids is 1. The van der Waals surface area contributed by atoms with Crippen LogP contribution in [0.25, 0.3) is 0 Å². The first-order chi connectivity index (χ1) is 8.72. The van der Waals surface area contributed by atoms with Crippen LogP contribution in [0.2, 0.25) is 0 Å². The van der Waals surface area contributed by atoms with Gasteiger partial charge in [0, 0.05) is 16.8 Å². The molecule has 0 spiro atoms. The number of rotatable bonds is 3. The molecule has 0 radical (unpaired) electrons. The number of halogens is 1. The van der Waals surface area contributed by atoms with E-state index < -0.39 is 0 Å². The van der Waals surface area contributed by atoms with Crippen molar-refractivity contribution in [3.8, 4) is 0 Å². The van der Waals surface area contributed by atoms with E-state index >= 15 is 0 Å². The second-order valence-electron chi connectivity index (χ2n) is 3.71. The Labute approximate surface area is 115 Å². The van der Waals surface area contributed by atoms with Crippen molar-refractivity contribution < 1.29 is 4.79 Å². The number of Topliss-reactive ketones (excluding diaryl/α,β-unsaturated/α-hetero) is 1. The van der Waals surface area contributed by atoms with Crippen molar-refractivity contribution in [1.29, 1.82) is 0 Å². The first-order valence-electron chi connectivity index (χ1n) is 5.35. The minimum Gasteiger partial charge on any atom is -0.289 e. The molecule has 0 fully saturated rings. The number of hydrogen-bond donors (Lipinski definition) is 0. The normalized spacial score (nSPS) is 14.3. The van der Waals surface area contributed by atoms with Crippen LogP contribution in [0.5, 0.6) is 0 Å². The number of carbonyl (C=O) groups is 1. The summed E-state index contributed by atoms with van der Waals surface area (Å²) < 4.78 is 0. The molecule has 1 aromatic heterocycles. The number of ketones is 1. The average molecular weight is 277 g/mol. The van der Waals surface area contributed by atoms with E-state index in [0.717, 1.165) is 5.03 Å². The lowest BCUT2D eigenvalue weighted by atomic mass is 9.96. The van der Waals surface area contributed by atoms with Crippen LogP contribution in [0.4, 0.5) is 5.82 Å². The Bertz CT molecular complexity index is 601. The summed E-state index contributed by atoms with van der Waals surface area (Å²) in [7, 11) is 0. The van der Waals surface area contributed by atoms with Gasteiger partial charge in [0.2, 0.25) is 0 Å². The van der Waals surface area contributed by atoms with Gasteiger partial charge in [-0.2, -0.15) is 4.99 Å². The van der Waals surface area contributed by atoms with Crippen molar-refractivity contribution >= 4 is 40.6 Å². The molecular formula is C13H9ClN2OS. The molecule has 3 nitrogen and oxygen atoms in total. The average Bonchev–Trinajstić information content (AvgIpc) is 2.40. The molecule has 18 heavy (non-hydrogen) atoms. The van der Waals surface area contributed by atoms with E-state index in [-0.39, 0.29) is 5.78 Å². The van der Waals surface area contributed by atoms with Gasteiger partial charge in [-0.25, -0.2) is 4.98 Å². The third kappa shape index (κ3) is 2.79. The predicted octanol–water partition coefficient (Wildman–Crippen LogP) is 3.84. The summed E-state index contributed by atoms with van der Waals surface area (Å²) in [5.41, 5.74) is 1.14. The zero-order valence-corrected chi connectivity index (χ0v) is 11.0. The van der Waals surface area contributed by atoms with Crippen LogP contribution in [0, 0.1) is 0 Å². The Kier molecular flexibility index (Phi) is 4.15. The molecule has 0 aliphatic heterocycles. The summed E-state index contributed by atoms with van der Waals surface area (Å²) in [6.45, 7) is 0. The van der Waals surface area contributed by atoms with Gasteiger partial charge in [-0.15, -0.1) is 0 Å². The molecule has 0 amide bonds. The summed E-state index contributed by atoms with van der Waals surface area (Å²) in [5.74, 6) is 0.214. The summed E-state index contributed by atoms with van der Waals surface area (Å²) in [4.78, 5) is 20.1. The summed E-state index contributed by atoms with van der Waals surface area (Å²) >= 11 is 10.4. The Morgan fingerprint density at radius 2 is 2.28 bits per heavy atom. The first kappa shape index (κ1) is 12.8. The van der Waals surface area contributed by atoms with Crippen molar-refractivity contribution in [2.75, 3.05) is 0 Å². The predicted molar refractivity (Wildman–Crippen MR) is 74.5 cm³/mol. The number of allylic oxidation sites excluding steroid dienone is 4. The minimum atomic E-state index is -0.0903. The van der Waals surface area contributed by atoms with E-state index in [9.17, 15) is 4.79 Å². The van der Waals surface area contributed by atoms with Crippen molar-refractivity contribution in [2.45, 2.75) is 12.8 Å². The zero-order chi connectivity index (χ0) is 13.0. The Hall–Kier alpha value is -1.61. The van der Waals surface area contributed by atoms with E-state index in [1.807, 2.05) is 0 Å². The maximum Gasteiger partial charge on any atom is 0.192 e. The van der Waals surface area contributed by atoms with Crippen molar-refractivity contribution in [2.24, 2.45) is 4.99 Å². The number of aromatic nitrogens is 1. The standard InChI is InChI=1S/C13H9ClN2OS/c14-10-5-3-9(4-6-10)12(17)11-2-1-7-15-13(11)16-8-18/h1-3,5,7H,4,6H2. The smallest absolute Gasteiger partial charge is 0.192 e. The lowest BCUT2D eigenvalue weighted by molar-refractivity contribution is 0.103. The highest BCUT2D eigenvalue weighted by atomic mass is 35.5. The maximum absolute atomic E-state index is 12.3. The lowest BCUT2D eigenvalue weighted by Gasteiger charge is -2.10. The van der Waals surface area contributed by atoms with Gasteiger partial charge >= 0.3 is 0 Å². The fraction of sp³-hybridized carbons (Fsp3) is 0.154. The van der Waals surface area contributed by atoms with Gasteiger partial charge in [-0.05, 0) is 43.3 Å². The molecule has 0 atom stereocenters. The number of thiocarbonyl (C=S) groups is 1. The van der Waals surface area contributed by atoms with E-state index in [2.05, 4.69) is 27.4 Å². The molecule has 1 aliphatic rings. The van der Waals surface area contributed by atoms with Crippen LogP contribution < -0.4 is 0 Å². The van der Waals surface area contributed by atoms with Crippen molar-refractivity contribution in [1.82, 2.24) is 4.98 Å². The molecule has 0 bridgehead atoms. The van der Waals surface area contributed by atoms with Gasteiger partial charge in [0.25, 0.3) is 0 Å². The fourth-order valence-electron chi connectivity index (χ4n) is 1.68. The SMILES string of the molecule is O=C(C1=CC=C(Cl)CC1)c1cccnc1N=C=S. The molecule has 0 aromatic carbocycles. The van der Waals surface area contributed by atoms with Crippen LogP contribution in [0.1, 0.15) is 23.2 Å². The Morgan fingerprint density at radius 1 is 1.44 bits per heavy atom. The molecule has 0 saturated heterocycles. The lowest BCUT2D eigenvalue weighted by Crippen LogP contribution is -2.06. The second-order valence-corrected chi connectivity index (χ2v) is 4.38. The van der Waals surface area contributed by atoms with E-state index in [0.29, 0.717) is 29.8 Å². The second kappa shape index (κ2) is 5.83. The Morgan fingerprint density at radius 3 is 2.94 bits per heavy atom. The molecular weight excluding hydrogens is 268 g/mol. The van der Waals surface area contributed by atoms with Gasteiger partial charge in [0.1, 0.15) is 0 Å². The van der Waals surface area contributed by atoms with E-state index in [4.69, 9.17) is 11.6 Å². The van der Waals surface area contributed by atoms with Crippen molar-refractivity contribution in [3.63, 3.8) is 0 Å². The number of pyridine rings is 1.